The summed E-state index contributed by atoms with van der Waals surface area (Å²) in [5.74, 6) is 1.91. The summed E-state index contributed by atoms with van der Waals surface area (Å²) in [5.41, 5.74) is 2.84. The zero-order chi connectivity index (χ0) is 19.0. The number of benzene rings is 1. The number of methoxy groups -OCH3 is 2. The van der Waals surface area contributed by atoms with Gasteiger partial charge in [0.2, 0.25) is 0 Å². The molecule has 1 aliphatic heterocycles. The van der Waals surface area contributed by atoms with Gasteiger partial charge in [-0.15, -0.1) is 0 Å². The number of rotatable bonds is 6. The summed E-state index contributed by atoms with van der Waals surface area (Å²) in [6, 6.07) is 8.99. The van der Waals surface area contributed by atoms with E-state index in [2.05, 4.69) is 10.2 Å². The molecule has 3 heterocycles. The van der Waals surface area contributed by atoms with Crippen molar-refractivity contribution in [1.82, 2.24) is 15.1 Å². The smallest absolute Gasteiger partial charge is 0.275 e. The Labute approximate surface area is 156 Å². The Balaban J connectivity index is 1.91. The molecule has 0 spiro atoms. The lowest BCUT2D eigenvalue weighted by Gasteiger charge is -2.27. The summed E-state index contributed by atoms with van der Waals surface area (Å²) < 4.78 is 16.5. The Morgan fingerprint density at radius 3 is 2.78 bits per heavy atom. The van der Waals surface area contributed by atoms with Gasteiger partial charge in [-0.25, -0.2) is 0 Å². The molecule has 0 saturated heterocycles. The van der Waals surface area contributed by atoms with Crippen LogP contribution in [-0.4, -0.2) is 41.8 Å². The third-order valence-corrected chi connectivity index (χ3v) is 4.82. The Kier molecular flexibility index (Phi) is 4.35. The van der Waals surface area contributed by atoms with Crippen molar-refractivity contribution in [3.8, 4) is 23.0 Å². The minimum atomic E-state index is -0.313. The van der Waals surface area contributed by atoms with Crippen LogP contribution in [-0.2, 0) is 0 Å². The first-order chi connectivity index (χ1) is 13.2. The average molecular weight is 367 g/mol. The van der Waals surface area contributed by atoms with Gasteiger partial charge in [0.05, 0.1) is 26.5 Å². The first-order valence-electron chi connectivity index (χ1n) is 8.84. The number of aromatic amines is 1. The van der Waals surface area contributed by atoms with Crippen molar-refractivity contribution in [1.29, 1.82) is 0 Å². The van der Waals surface area contributed by atoms with Crippen LogP contribution >= 0.6 is 0 Å². The van der Waals surface area contributed by atoms with Crippen LogP contribution < -0.4 is 9.47 Å². The number of fused-ring (bicyclic) bond motifs is 1. The van der Waals surface area contributed by atoms with Crippen LogP contribution in [0.1, 0.15) is 41.0 Å². The summed E-state index contributed by atoms with van der Waals surface area (Å²) in [4.78, 5) is 14.9. The predicted octanol–water partition coefficient (Wildman–Crippen LogP) is 3.64. The van der Waals surface area contributed by atoms with E-state index in [0.717, 1.165) is 17.5 Å². The highest BCUT2D eigenvalue weighted by Gasteiger charge is 2.43. The third-order valence-electron chi connectivity index (χ3n) is 4.82. The van der Waals surface area contributed by atoms with E-state index in [-0.39, 0.29) is 11.9 Å². The summed E-state index contributed by atoms with van der Waals surface area (Å²) >= 11 is 0. The average Bonchev–Trinajstić information content (AvgIpc) is 3.41. The Hall–Kier alpha value is -3.22. The number of carbonyl (C=O) groups is 1. The molecule has 1 aromatic carbocycles. The first-order valence-corrected chi connectivity index (χ1v) is 8.84. The zero-order valence-corrected chi connectivity index (χ0v) is 15.5. The van der Waals surface area contributed by atoms with Gasteiger partial charge in [-0.3, -0.25) is 9.89 Å². The van der Waals surface area contributed by atoms with E-state index >= 15 is 0 Å². The van der Waals surface area contributed by atoms with Gasteiger partial charge >= 0.3 is 0 Å². The molecule has 1 atom stereocenters. The van der Waals surface area contributed by atoms with Crippen LogP contribution in [0.3, 0.4) is 0 Å². The summed E-state index contributed by atoms with van der Waals surface area (Å²) in [5, 5.41) is 7.26. The highest BCUT2D eigenvalue weighted by atomic mass is 16.5. The lowest BCUT2D eigenvalue weighted by molar-refractivity contribution is 0.0742. The van der Waals surface area contributed by atoms with Crippen LogP contribution in [0.5, 0.6) is 11.5 Å². The maximum atomic E-state index is 13.0. The number of amides is 1. The van der Waals surface area contributed by atoms with Crippen LogP contribution in [0.2, 0.25) is 0 Å². The fourth-order valence-corrected chi connectivity index (χ4v) is 3.64. The molecule has 4 rings (SSSR count). The van der Waals surface area contributed by atoms with Gasteiger partial charge in [0.1, 0.15) is 17.2 Å². The molecular weight excluding hydrogens is 346 g/mol. The Bertz CT molecular complexity index is 962. The lowest BCUT2D eigenvalue weighted by atomic mass is 9.97. The van der Waals surface area contributed by atoms with Crippen LogP contribution in [0.25, 0.3) is 11.5 Å². The SMILES string of the molecule is CCCN1C(=O)c2n[nH]c(-c3ccco3)c2[C@@H]1c1ccc(OC)cc1OC. The van der Waals surface area contributed by atoms with Gasteiger partial charge in [-0.05, 0) is 30.7 Å². The number of ether oxygens (including phenoxy) is 2. The predicted molar refractivity (Wildman–Crippen MR) is 99.0 cm³/mol. The van der Waals surface area contributed by atoms with E-state index in [0.29, 0.717) is 35.2 Å². The minimum Gasteiger partial charge on any atom is -0.497 e. The highest BCUT2D eigenvalue weighted by molar-refractivity contribution is 6.00. The number of nitrogens with zero attached hydrogens (tertiary/aromatic N) is 2. The molecule has 140 valence electrons. The summed E-state index contributed by atoms with van der Waals surface area (Å²) in [7, 11) is 3.23. The van der Waals surface area contributed by atoms with E-state index in [1.807, 2.05) is 42.2 Å². The zero-order valence-electron chi connectivity index (χ0n) is 15.5. The van der Waals surface area contributed by atoms with Crippen molar-refractivity contribution in [3.05, 3.63) is 53.4 Å². The van der Waals surface area contributed by atoms with Crippen molar-refractivity contribution >= 4 is 5.91 Å². The normalized spacial score (nSPS) is 15.9. The molecular formula is C20H21N3O4. The van der Waals surface area contributed by atoms with Crippen molar-refractivity contribution in [3.63, 3.8) is 0 Å². The largest absolute Gasteiger partial charge is 0.497 e. The Morgan fingerprint density at radius 1 is 1.26 bits per heavy atom. The highest BCUT2D eigenvalue weighted by Crippen LogP contribution is 2.46. The van der Waals surface area contributed by atoms with Crippen LogP contribution in [0, 0.1) is 0 Å². The number of furan rings is 1. The molecule has 0 unspecified atom stereocenters. The van der Waals surface area contributed by atoms with Crippen LogP contribution in [0.4, 0.5) is 0 Å². The molecule has 0 saturated carbocycles. The van der Waals surface area contributed by atoms with E-state index < -0.39 is 0 Å². The standard InChI is InChI=1S/C20H21N3O4/c1-4-9-23-19(13-8-7-12(25-2)11-15(13)26-3)16-17(14-6-5-10-27-14)21-22-18(16)20(23)24/h5-8,10-11,19H,4,9H2,1-3H3,(H,21,22)/t19-/m0/s1. The number of hydrogen-bond donors (Lipinski definition) is 1. The number of hydrogen-bond acceptors (Lipinski definition) is 5. The molecule has 7 heteroatoms. The molecule has 0 fully saturated rings. The lowest BCUT2D eigenvalue weighted by Crippen LogP contribution is -2.30. The van der Waals surface area contributed by atoms with Gasteiger partial charge in [0, 0.05) is 23.7 Å². The van der Waals surface area contributed by atoms with Crippen molar-refractivity contribution in [2.75, 3.05) is 20.8 Å². The summed E-state index contributed by atoms with van der Waals surface area (Å²) in [6.07, 6.45) is 2.44. The maximum absolute atomic E-state index is 13.0. The molecule has 7 nitrogen and oxygen atoms in total. The van der Waals surface area contributed by atoms with Crippen molar-refractivity contribution < 1.29 is 18.7 Å². The Morgan fingerprint density at radius 2 is 2.11 bits per heavy atom. The molecule has 0 bridgehead atoms. The molecule has 0 radical (unpaired) electrons. The topological polar surface area (TPSA) is 80.6 Å². The molecule has 27 heavy (non-hydrogen) atoms. The van der Waals surface area contributed by atoms with Gasteiger partial charge in [-0.1, -0.05) is 6.92 Å². The molecule has 1 aliphatic rings. The number of H-pyrrole nitrogens is 1. The number of carbonyl (C=O) groups excluding carboxylic acids is 1. The van der Waals surface area contributed by atoms with E-state index in [1.165, 1.54) is 0 Å². The molecule has 0 aliphatic carbocycles. The van der Waals surface area contributed by atoms with Gasteiger partial charge in [0.25, 0.3) is 5.91 Å². The molecule has 2 aromatic heterocycles. The monoisotopic (exact) mass is 367 g/mol. The fourth-order valence-electron chi connectivity index (χ4n) is 3.64. The van der Waals surface area contributed by atoms with Gasteiger partial charge in [0.15, 0.2) is 11.5 Å². The van der Waals surface area contributed by atoms with E-state index in [1.54, 1.807) is 20.5 Å². The van der Waals surface area contributed by atoms with Gasteiger partial charge < -0.3 is 18.8 Å². The van der Waals surface area contributed by atoms with Gasteiger partial charge in [-0.2, -0.15) is 5.10 Å². The second-order valence-corrected chi connectivity index (χ2v) is 6.35. The second kappa shape index (κ2) is 6.83. The molecule has 3 aromatic rings. The molecule has 1 N–H and O–H groups in total. The quantitative estimate of drug-likeness (QED) is 0.719. The maximum Gasteiger partial charge on any atom is 0.275 e. The second-order valence-electron chi connectivity index (χ2n) is 6.35. The third kappa shape index (κ3) is 2.66. The first kappa shape index (κ1) is 17.2. The van der Waals surface area contributed by atoms with E-state index in [9.17, 15) is 4.79 Å². The van der Waals surface area contributed by atoms with Crippen molar-refractivity contribution in [2.24, 2.45) is 0 Å². The van der Waals surface area contributed by atoms with Crippen molar-refractivity contribution in [2.45, 2.75) is 19.4 Å². The minimum absolute atomic E-state index is 0.0937. The fraction of sp³-hybridized carbons (Fsp3) is 0.300. The van der Waals surface area contributed by atoms with Crippen LogP contribution in [0.15, 0.2) is 41.0 Å². The van der Waals surface area contributed by atoms with E-state index in [4.69, 9.17) is 13.9 Å². The summed E-state index contributed by atoms with van der Waals surface area (Å²) in [6.45, 7) is 2.66. The number of aromatic nitrogens is 2. The molecule has 1 amide bonds. The number of nitrogens with one attached hydrogen (secondary N) is 1.